The number of hydrogen-bond donors (Lipinski definition) is 3. The molecule has 0 bridgehead atoms. The van der Waals surface area contributed by atoms with Gasteiger partial charge in [0.1, 0.15) is 5.75 Å². The van der Waals surface area contributed by atoms with E-state index in [1.165, 1.54) is 0 Å². The van der Waals surface area contributed by atoms with Crippen LogP contribution in [-0.2, 0) is 16.0 Å². The van der Waals surface area contributed by atoms with Crippen molar-refractivity contribution < 1.29 is 14.3 Å². The summed E-state index contributed by atoms with van der Waals surface area (Å²) in [5.41, 5.74) is 8.72. The Bertz CT molecular complexity index is 974. The largest absolute Gasteiger partial charge is 0.484 e. The highest BCUT2D eigenvalue weighted by molar-refractivity contribution is 5.94. The number of aryl methyl sites for hydroxylation is 1. The minimum absolute atomic E-state index is 0.0981. The SMILES string of the molecule is Nc1ccccc1CCC(=O)Nc1cccc(NC(=O)COc2ccccc2)c1. The van der Waals surface area contributed by atoms with Gasteiger partial charge in [0.15, 0.2) is 6.61 Å². The molecule has 0 heterocycles. The first-order valence-corrected chi connectivity index (χ1v) is 9.31. The lowest BCUT2D eigenvalue weighted by molar-refractivity contribution is -0.118. The molecule has 0 aliphatic carbocycles. The maximum atomic E-state index is 12.2. The van der Waals surface area contributed by atoms with Gasteiger partial charge in [-0.3, -0.25) is 9.59 Å². The van der Waals surface area contributed by atoms with Gasteiger partial charge in [0, 0.05) is 23.5 Å². The minimum atomic E-state index is -0.281. The fourth-order valence-corrected chi connectivity index (χ4v) is 2.77. The summed E-state index contributed by atoms with van der Waals surface area (Å²) >= 11 is 0. The Kier molecular flexibility index (Phi) is 6.84. The summed E-state index contributed by atoms with van der Waals surface area (Å²) in [5, 5.41) is 5.60. The number of benzene rings is 3. The molecular weight excluding hydrogens is 366 g/mol. The summed E-state index contributed by atoms with van der Waals surface area (Å²) in [4.78, 5) is 24.3. The lowest BCUT2D eigenvalue weighted by atomic mass is 10.1. The number of para-hydroxylation sites is 2. The van der Waals surface area contributed by atoms with Gasteiger partial charge in [-0.15, -0.1) is 0 Å². The van der Waals surface area contributed by atoms with Crippen molar-refractivity contribution in [3.63, 3.8) is 0 Å². The first-order chi connectivity index (χ1) is 14.1. The molecule has 0 spiro atoms. The number of nitrogen functional groups attached to an aromatic ring is 1. The lowest BCUT2D eigenvalue weighted by Crippen LogP contribution is -2.20. The molecule has 29 heavy (non-hydrogen) atoms. The maximum absolute atomic E-state index is 12.2. The molecule has 0 aromatic heterocycles. The van der Waals surface area contributed by atoms with Crippen LogP contribution in [0.25, 0.3) is 0 Å². The third-order valence-corrected chi connectivity index (χ3v) is 4.22. The lowest BCUT2D eigenvalue weighted by Gasteiger charge is -2.10. The zero-order valence-corrected chi connectivity index (χ0v) is 15.9. The van der Waals surface area contributed by atoms with Crippen molar-refractivity contribution in [2.75, 3.05) is 23.0 Å². The first kappa shape index (κ1) is 19.9. The van der Waals surface area contributed by atoms with Crippen LogP contribution in [-0.4, -0.2) is 18.4 Å². The number of ether oxygens (including phenoxy) is 1. The second-order valence-electron chi connectivity index (χ2n) is 6.48. The monoisotopic (exact) mass is 389 g/mol. The van der Waals surface area contributed by atoms with Gasteiger partial charge in [-0.2, -0.15) is 0 Å². The second kappa shape index (κ2) is 9.94. The topological polar surface area (TPSA) is 93.5 Å². The third kappa shape index (κ3) is 6.39. The first-order valence-electron chi connectivity index (χ1n) is 9.31. The predicted molar refractivity (Wildman–Crippen MR) is 115 cm³/mol. The summed E-state index contributed by atoms with van der Waals surface area (Å²) in [6.45, 7) is -0.0981. The number of nitrogens with two attached hydrogens (primary N) is 1. The smallest absolute Gasteiger partial charge is 0.262 e. The van der Waals surface area contributed by atoms with E-state index in [4.69, 9.17) is 10.5 Å². The molecule has 0 saturated carbocycles. The second-order valence-corrected chi connectivity index (χ2v) is 6.48. The average molecular weight is 389 g/mol. The molecule has 3 aromatic carbocycles. The van der Waals surface area contributed by atoms with Crippen molar-refractivity contribution in [1.29, 1.82) is 0 Å². The van der Waals surface area contributed by atoms with Gasteiger partial charge < -0.3 is 21.1 Å². The van der Waals surface area contributed by atoms with E-state index in [2.05, 4.69) is 10.6 Å². The minimum Gasteiger partial charge on any atom is -0.484 e. The van der Waals surface area contributed by atoms with E-state index in [9.17, 15) is 9.59 Å². The summed E-state index contributed by atoms with van der Waals surface area (Å²) < 4.78 is 5.43. The van der Waals surface area contributed by atoms with Crippen LogP contribution in [0.3, 0.4) is 0 Å². The summed E-state index contributed by atoms with van der Waals surface area (Å²) in [6, 6.07) is 23.6. The van der Waals surface area contributed by atoms with Crippen LogP contribution in [0.1, 0.15) is 12.0 Å². The number of amides is 2. The van der Waals surface area contributed by atoms with Crippen LogP contribution < -0.4 is 21.1 Å². The maximum Gasteiger partial charge on any atom is 0.262 e. The van der Waals surface area contributed by atoms with E-state index in [0.717, 1.165) is 5.56 Å². The fourth-order valence-electron chi connectivity index (χ4n) is 2.77. The molecule has 6 heteroatoms. The van der Waals surface area contributed by atoms with Crippen LogP contribution in [0.15, 0.2) is 78.9 Å². The molecule has 0 aliphatic rings. The number of carbonyl (C=O) groups is 2. The molecule has 4 N–H and O–H groups in total. The van der Waals surface area contributed by atoms with Crippen LogP contribution in [0.4, 0.5) is 17.1 Å². The van der Waals surface area contributed by atoms with Crippen molar-refractivity contribution in [3.8, 4) is 5.75 Å². The molecule has 3 rings (SSSR count). The number of rotatable bonds is 8. The van der Waals surface area contributed by atoms with Gasteiger partial charge in [0.2, 0.25) is 5.91 Å². The molecular formula is C23H23N3O3. The van der Waals surface area contributed by atoms with Gasteiger partial charge >= 0.3 is 0 Å². The van der Waals surface area contributed by atoms with Gasteiger partial charge in [0.05, 0.1) is 0 Å². The van der Waals surface area contributed by atoms with E-state index < -0.39 is 0 Å². The van der Waals surface area contributed by atoms with Crippen molar-refractivity contribution in [3.05, 3.63) is 84.4 Å². The zero-order chi connectivity index (χ0) is 20.5. The zero-order valence-electron chi connectivity index (χ0n) is 15.9. The molecule has 0 unspecified atom stereocenters. The molecule has 0 radical (unpaired) electrons. The van der Waals surface area contributed by atoms with Crippen LogP contribution in [0.2, 0.25) is 0 Å². The van der Waals surface area contributed by atoms with Gasteiger partial charge in [-0.05, 0) is 48.4 Å². The van der Waals surface area contributed by atoms with Crippen molar-refractivity contribution in [2.45, 2.75) is 12.8 Å². The highest BCUT2D eigenvalue weighted by atomic mass is 16.5. The molecule has 3 aromatic rings. The molecule has 6 nitrogen and oxygen atoms in total. The van der Waals surface area contributed by atoms with Gasteiger partial charge in [-0.1, -0.05) is 42.5 Å². The van der Waals surface area contributed by atoms with Crippen molar-refractivity contribution in [1.82, 2.24) is 0 Å². The standard InChI is InChI=1S/C23H23N3O3/c24-21-12-5-4-7-17(21)13-14-22(27)25-18-8-6-9-19(15-18)26-23(28)16-29-20-10-2-1-3-11-20/h1-12,15H,13-14,16,24H2,(H,25,27)(H,26,28). The van der Waals surface area contributed by atoms with Crippen molar-refractivity contribution >= 4 is 28.9 Å². The fraction of sp³-hybridized carbons (Fsp3) is 0.130. The van der Waals surface area contributed by atoms with E-state index in [1.807, 2.05) is 42.5 Å². The molecule has 148 valence electrons. The normalized spacial score (nSPS) is 10.2. The summed E-state index contributed by atoms with van der Waals surface area (Å²) in [6.07, 6.45) is 0.876. The van der Waals surface area contributed by atoms with Crippen LogP contribution >= 0.6 is 0 Å². The number of carbonyl (C=O) groups excluding carboxylic acids is 2. The number of nitrogens with one attached hydrogen (secondary N) is 2. The van der Waals surface area contributed by atoms with E-state index in [0.29, 0.717) is 35.7 Å². The molecule has 0 saturated heterocycles. The third-order valence-electron chi connectivity index (χ3n) is 4.22. The molecule has 0 aliphatic heterocycles. The highest BCUT2D eigenvalue weighted by Gasteiger charge is 2.07. The van der Waals surface area contributed by atoms with E-state index >= 15 is 0 Å². The Morgan fingerprint density at radius 1 is 0.793 bits per heavy atom. The molecule has 0 fully saturated rings. The molecule has 2 amide bonds. The average Bonchev–Trinajstić information content (AvgIpc) is 2.73. The highest BCUT2D eigenvalue weighted by Crippen LogP contribution is 2.17. The summed E-state index contributed by atoms with van der Waals surface area (Å²) in [5.74, 6) is 0.226. The Morgan fingerprint density at radius 3 is 2.17 bits per heavy atom. The van der Waals surface area contributed by atoms with Crippen molar-refractivity contribution in [2.24, 2.45) is 0 Å². The van der Waals surface area contributed by atoms with E-state index in [-0.39, 0.29) is 18.4 Å². The van der Waals surface area contributed by atoms with Gasteiger partial charge in [0.25, 0.3) is 5.91 Å². The Labute approximate surface area is 169 Å². The Morgan fingerprint density at radius 2 is 1.45 bits per heavy atom. The molecule has 0 atom stereocenters. The van der Waals surface area contributed by atoms with E-state index in [1.54, 1.807) is 36.4 Å². The Balaban J connectivity index is 1.49. The van der Waals surface area contributed by atoms with Crippen LogP contribution in [0.5, 0.6) is 5.75 Å². The predicted octanol–water partition coefficient (Wildman–Crippen LogP) is 3.86. The number of hydrogen-bond acceptors (Lipinski definition) is 4. The van der Waals surface area contributed by atoms with Gasteiger partial charge in [-0.25, -0.2) is 0 Å². The summed E-state index contributed by atoms with van der Waals surface area (Å²) in [7, 11) is 0. The quantitative estimate of drug-likeness (QED) is 0.510. The Hall–Kier alpha value is -3.80. The number of anilines is 3. The van der Waals surface area contributed by atoms with Crippen LogP contribution in [0, 0.1) is 0 Å².